The largest absolute Gasteiger partial charge is 0.362 e. The molecule has 4 nitrogen and oxygen atoms in total. The van der Waals surface area contributed by atoms with E-state index in [2.05, 4.69) is 70.4 Å². The van der Waals surface area contributed by atoms with Gasteiger partial charge in [0.2, 0.25) is 0 Å². The third kappa shape index (κ3) is 3.10. The van der Waals surface area contributed by atoms with Crippen molar-refractivity contribution >= 4 is 17.3 Å². The summed E-state index contributed by atoms with van der Waals surface area (Å²) in [7, 11) is 0. The van der Waals surface area contributed by atoms with Gasteiger partial charge in [0.15, 0.2) is 5.11 Å². The molecule has 1 aliphatic heterocycles. The monoisotopic (exact) mass is 362 g/mol. The molecule has 1 aromatic carbocycles. The topological polar surface area (TPSA) is 44.0 Å². The van der Waals surface area contributed by atoms with Crippen molar-refractivity contribution < 1.29 is 0 Å². The summed E-state index contributed by atoms with van der Waals surface area (Å²) in [5.41, 5.74) is 5.86. The van der Waals surface area contributed by atoms with E-state index in [0.29, 0.717) is 0 Å². The van der Waals surface area contributed by atoms with Gasteiger partial charge in [-0.1, -0.05) is 36.4 Å². The first-order chi connectivity index (χ1) is 12.6. The highest BCUT2D eigenvalue weighted by Crippen LogP contribution is 2.40. The molecule has 2 atom stereocenters. The van der Waals surface area contributed by atoms with Gasteiger partial charge in [0.05, 0.1) is 17.8 Å². The zero-order valence-corrected chi connectivity index (χ0v) is 15.8. The van der Waals surface area contributed by atoms with Crippen molar-refractivity contribution in [3.63, 3.8) is 0 Å². The molecule has 1 saturated heterocycles. The van der Waals surface area contributed by atoms with Crippen LogP contribution in [0, 0.1) is 13.8 Å². The Morgan fingerprint density at radius 2 is 1.85 bits per heavy atom. The fraction of sp³-hybridized carbons (Fsp3) is 0.238. The molecule has 0 saturated carbocycles. The lowest BCUT2D eigenvalue weighted by Gasteiger charge is -2.28. The van der Waals surface area contributed by atoms with Gasteiger partial charge in [-0.3, -0.25) is 4.98 Å². The van der Waals surface area contributed by atoms with Crippen molar-refractivity contribution in [3.8, 4) is 0 Å². The molecule has 2 aromatic heterocycles. The van der Waals surface area contributed by atoms with E-state index in [9.17, 15) is 0 Å². The van der Waals surface area contributed by atoms with Crippen molar-refractivity contribution in [3.05, 3.63) is 89.0 Å². The highest BCUT2D eigenvalue weighted by molar-refractivity contribution is 7.80. The summed E-state index contributed by atoms with van der Waals surface area (Å²) >= 11 is 5.72. The Hall–Kier alpha value is -2.66. The lowest BCUT2D eigenvalue weighted by atomic mass is 9.96. The van der Waals surface area contributed by atoms with Crippen LogP contribution in [0.5, 0.6) is 0 Å². The normalized spacial score (nSPS) is 19.6. The molecule has 0 unspecified atom stereocenters. The second-order valence-corrected chi connectivity index (χ2v) is 7.16. The molecule has 132 valence electrons. The average molecular weight is 363 g/mol. The summed E-state index contributed by atoms with van der Waals surface area (Å²) in [5.74, 6) is 0. The van der Waals surface area contributed by atoms with E-state index in [4.69, 9.17) is 12.2 Å². The van der Waals surface area contributed by atoms with Crippen molar-refractivity contribution in [2.24, 2.45) is 0 Å². The predicted octanol–water partition coefficient (Wildman–Crippen LogP) is 4.20. The van der Waals surface area contributed by atoms with Crippen LogP contribution >= 0.6 is 12.2 Å². The van der Waals surface area contributed by atoms with Crippen LogP contribution in [0.4, 0.5) is 0 Å². The number of aromatic nitrogens is 2. The fourth-order valence-corrected chi connectivity index (χ4v) is 4.05. The SMILES string of the molecule is Cc1cc([C@@H]2[C@H](c3ccccn3)NC(=S)N2Cc2ccccc2)c(C)[nH]1. The Labute approximate surface area is 159 Å². The molecular weight excluding hydrogens is 340 g/mol. The Balaban J connectivity index is 1.76. The summed E-state index contributed by atoms with van der Waals surface area (Å²) in [4.78, 5) is 10.3. The van der Waals surface area contributed by atoms with Crippen LogP contribution in [0.3, 0.4) is 0 Å². The first kappa shape index (κ1) is 16.8. The standard InChI is InChI=1S/C21H22N4S/c1-14-12-17(15(2)23-14)20-19(18-10-6-7-11-22-18)24-21(26)25(20)13-16-8-4-3-5-9-16/h3-12,19-20,23H,13H2,1-2H3,(H,24,26)/t19-,20+/m0/s1. The molecule has 1 aliphatic rings. The highest BCUT2D eigenvalue weighted by Gasteiger charge is 2.40. The summed E-state index contributed by atoms with van der Waals surface area (Å²) in [6.07, 6.45) is 1.84. The first-order valence-corrected chi connectivity index (χ1v) is 9.22. The van der Waals surface area contributed by atoms with Crippen molar-refractivity contribution in [2.45, 2.75) is 32.5 Å². The zero-order chi connectivity index (χ0) is 18.1. The lowest BCUT2D eigenvalue weighted by molar-refractivity contribution is 0.310. The number of hydrogen-bond acceptors (Lipinski definition) is 2. The number of pyridine rings is 1. The number of thiocarbonyl (C=S) groups is 1. The van der Waals surface area contributed by atoms with E-state index >= 15 is 0 Å². The fourth-order valence-electron chi connectivity index (χ4n) is 3.75. The minimum Gasteiger partial charge on any atom is -0.362 e. The first-order valence-electron chi connectivity index (χ1n) is 8.81. The third-order valence-electron chi connectivity index (χ3n) is 4.90. The van der Waals surface area contributed by atoms with Crippen LogP contribution in [-0.2, 0) is 6.54 Å². The minimum absolute atomic E-state index is 0.0290. The number of nitrogens with zero attached hydrogens (tertiary/aromatic N) is 2. The van der Waals surface area contributed by atoms with E-state index in [-0.39, 0.29) is 12.1 Å². The molecule has 0 aliphatic carbocycles. The van der Waals surface area contributed by atoms with Gasteiger partial charge in [-0.2, -0.15) is 0 Å². The van der Waals surface area contributed by atoms with Gasteiger partial charge < -0.3 is 15.2 Å². The predicted molar refractivity (Wildman–Crippen MR) is 108 cm³/mol. The smallest absolute Gasteiger partial charge is 0.170 e. The van der Waals surface area contributed by atoms with E-state index in [1.807, 2.05) is 24.4 Å². The molecule has 1 fully saturated rings. The molecule has 0 bridgehead atoms. The lowest BCUT2D eigenvalue weighted by Crippen LogP contribution is -2.29. The summed E-state index contributed by atoms with van der Waals surface area (Å²) in [5, 5.41) is 4.28. The third-order valence-corrected chi connectivity index (χ3v) is 5.25. The molecule has 2 N–H and O–H groups in total. The van der Waals surface area contributed by atoms with Crippen LogP contribution < -0.4 is 5.32 Å². The van der Waals surface area contributed by atoms with Gasteiger partial charge in [-0.25, -0.2) is 0 Å². The second-order valence-electron chi connectivity index (χ2n) is 6.77. The van der Waals surface area contributed by atoms with Gasteiger partial charge in [-0.05, 0) is 55.4 Å². The maximum absolute atomic E-state index is 5.72. The van der Waals surface area contributed by atoms with Gasteiger partial charge in [0.25, 0.3) is 0 Å². The molecule has 5 heteroatoms. The number of benzene rings is 1. The van der Waals surface area contributed by atoms with Gasteiger partial charge >= 0.3 is 0 Å². The molecule has 0 spiro atoms. The minimum atomic E-state index is 0.0290. The Kier molecular flexibility index (Phi) is 4.47. The average Bonchev–Trinajstić information content (AvgIpc) is 3.15. The van der Waals surface area contributed by atoms with Crippen LogP contribution in [0.1, 0.15) is 40.3 Å². The molecule has 4 rings (SSSR count). The molecular formula is C21H22N4S. The molecule has 26 heavy (non-hydrogen) atoms. The maximum Gasteiger partial charge on any atom is 0.170 e. The van der Waals surface area contributed by atoms with E-state index in [0.717, 1.165) is 23.0 Å². The Morgan fingerprint density at radius 3 is 2.50 bits per heavy atom. The van der Waals surface area contributed by atoms with Gasteiger partial charge in [-0.15, -0.1) is 0 Å². The maximum atomic E-state index is 5.72. The van der Waals surface area contributed by atoms with Gasteiger partial charge in [0.1, 0.15) is 0 Å². The number of aromatic amines is 1. The van der Waals surface area contributed by atoms with Gasteiger partial charge in [0, 0.05) is 24.1 Å². The van der Waals surface area contributed by atoms with E-state index in [1.54, 1.807) is 0 Å². The second kappa shape index (κ2) is 6.92. The Bertz CT molecular complexity index is 904. The summed E-state index contributed by atoms with van der Waals surface area (Å²) in [6, 6.07) is 18.8. The van der Waals surface area contributed by atoms with Crippen LogP contribution in [0.2, 0.25) is 0 Å². The van der Waals surface area contributed by atoms with Crippen LogP contribution in [-0.4, -0.2) is 20.0 Å². The molecule has 0 radical (unpaired) electrons. The molecule has 0 amide bonds. The van der Waals surface area contributed by atoms with E-state index < -0.39 is 0 Å². The summed E-state index contributed by atoms with van der Waals surface area (Å²) in [6.45, 7) is 4.98. The number of rotatable bonds is 4. The molecule has 3 aromatic rings. The van der Waals surface area contributed by atoms with Crippen LogP contribution in [0.15, 0.2) is 60.8 Å². The highest BCUT2D eigenvalue weighted by atomic mass is 32.1. The van der Waals surface area contributed by atoms with E-state index in [1.165, 1.54) is 16.8 Å². The quantitative estimate of drug-likeness (QED) is 0.683. The molecule has 3 heterocycles. The number of aryl methyl sites for hydroxylation is 2. The van der Waals surface area contributed by atoms with Crippen molar-refractivity contribution in [1.29, 1.82) is 0 Å². The number of H-pyrrole nitrogens is 1. The van der Waals surface area contributed by atoms with Crippen LogP contribution in [0.25, 0.3) is 0 Å². The zero-order valence-electron chi connectivity index (χ0n) is 14.9. The summed E-state index contributed by atoms with van der Waals surface area (Å²) < 4.78 is 0. The Morgan fingerprint density at radius 1 is 1.08 bits per heavy atom. The van der Waals surface area contributed by atoms with Crippen molar-refractivity contribution in [2.75, 3.05) is 0 Å². The van der Waals surface area contributed by atoms with Crippen molar-refractivity contribution in [1.82, 2.24) is 20.2 Å². The number of nitrogens with one attached hydrogen (secondary N) is 2. The number of hydrogen-bond donors (Lipinski definition) is 2.